The maximum atomic E-state index is 12.5. The maximum absolute atomic E-state index is 12.5. The molecule has 126 valence electrons. The number of Topliss-reactive ketones (excluding diaryl/α,β-unsaturated/α-hetero) is 1. The fourth-order valence-corrected chi connectivity index (χ4v) is 3.17. The van der Waals surface area contributed by atoms with Crippen LogP contribution in [-0.4, -0.2) is 28.1 Å². The van der Waals surface area contributed by atoms with E-state index in [0.717, 1.165) is 33.8 Å². The van der Waals surface area contributed by atoms with Gasteiger partial charge in [0, 0.05) is 40.4 Å². The summed E-state index contributed by atoms with van der Waals surface area (Å²) in [5, 5.41) is 20.4. The fraction of sp³-hybridized carbons (Fsp3) is 0.105. The number of aryl methyl sites for hydroxylation is 1. The number of ketones is 1. The summed E-state index contributed by atoms with van der Waals surface area (Å²) in [5.41, 5.74) is 2.68. The van der Waals surface area contributed by atoms with Crippen LogP contribution in [0.3, 0.4) is 0 Å². The average Bonchev–Trinajstić information content (AvgIpc) is 3.10. The Balaban J connectivity index is 1.84. The van der Waals surface area contributed by atoms with E-state index in [1.165, 1.54) is 6.07 Å². The van der Waals surface area contributed by atoms with Crippen molar-refractivity contribution in [1.29, 1.82) is 0 Å². The molecule has 4 rings (SSSR count). The molecular formula is C19H15NO5. The van der Waals surface area contributed by atoms with E-state index in [0.29, 0.717) is 0 Å². The molecule has 6 nitrogen and oxygen atoms in total. The van der Waals surface area contributed by atoms with Crippen molar-refractivity contribution in [1.82, 2.24) is 4.98 Å². The Bertz CT molecular complexity index is 1060. The number of ether oxygens (including phenoxy) is 2. The Morgan fingerprint density at radius 3 is 2.80 bits per heavy atom. The number of hydrogen-bond donors (Lipinski definition) is 3. The third-order valence-electron chi connectivity index (χ3n) is 4.33. The zero-order valence-corrected chi connectivity index (χ0v) is 13.6. The van der Waals surface area contributed by atoms with E-state index < -0.39 is 5.78 Å². The van der Waals surface area contributed by atoms with Crippen LogP contribution in [0.1, 0.15) is 21.5 Å². The zero-order chi connectivity index (χ0) is 17.7. The summed E-state index contributed by atoms with van der Waals surface area (Å²) >= 11 is 0. The van der Waals surface area contributed by atoms with E-state index in [1.54, 1.807) is 19.4 Å². The molecule has 25 heavy (non-hydrogen) atoms. The summed E-state index contributed by atoms with van der Waals surface area (Å²) in [7, 11) is 1.61. The van der Waals surface area contributed by atoms with Crippen molar-refractivity contribution in [2.45, 2.75) is 6.92 Å². The van der Waals surface area contributed by atoms with Crippen LogP contribution < -0.4 is 9.47 Å². The molecule has 0 bridgehead atoms. The number of phenols is 2. The lowest BCUT2D eigenvalue weighted by Gasteiger charge is -2.06. The minimum atomic E-state index is -0.428. The van der Waals surface area contributed by atoms with Gasteiger partial charge in [0.2, 0.25) is 5.78 Å². The van der Waals surface area contributed by atoms with E-state index in [-0.39, 0.29) is 28.6 Å². The Hall–Kier alpha value is -3.41. The van der Waals surface area contributed by atoms with Gasteiger partial charge >= 0.3 is 0 Å². The van der Waals surface area contributed by atoms with Crippen LogP contribution in [0.4, 0.5) is 0 Å². The van der Waals surface area contributed by atoms with Crippen LogP contribution in [0.15, 0.2) is 36.2 Å². The number of fused-ring (bicyclic) bond motifs is 2. The van der Waals surface area contributed by atoms with Crippen molar-refractivity contribution in [3.8, 4) is 23.0 Å². The first kappa shape index (κ1) is 15.1. The normalized spacial score (nSPS) is 14.8. The Kier molecular flexibility index (Phi) is 3.21. The van der Waals surface area contributed by atoms with Crippen LogP contribution in [0, 0.1) is 6.92 Å². The largest absolute Gasteiger partial charge is 0.508 e. The second-order valence-corrected chi connectivity index (χ2v) is 5.84. The molecule has 3 N–H and O–H groups in total. The molecule has 3 aromatic rings. The first-order chi connectivity index (χ1) is 12.0. The van der Waals surface area contributed by atoms with Gasteiger partial charge in [-0.15, -0.1) is 0 Å². The van der Waals surface area contributed by atoms with Gasteiger partial charge in [0.15, 0.2) is 5.76 Å². The molecule has 0 unspecified atom stereocenters. The van der Waals surface area contributed by atoms with Crippen LogP contribution in [0.5, 0.6) is 23.0 Å². The van der Waals surface area contributed by atoms with Crippen molar-refractivity contribution in [3.05, 3.63) is 52.9 Å². The lowest BCUT2D eigenvalue weighted by atomic mass is 10.0. The quantitative estimate of drug-likeness (QED) is 0.622. The summed E-state index contributed by atoms with van der Waals surface area (Å²) in [5.74, 6) is 0.0683. The minimum Gasteiger partial charge on any atom is -0.508 e. The number of benzene rings is 2. The maximum Gasteiger partial charge on any atom is 0.235 e. The molecule has 0 radical (unpaired) electrons. The first-order valence-electron chi connectivity index (χ1n) is 7.64. The van der Waals surface area contributed by atoms with Crippen molar-refractivity contribution in [3.63, 3.8) is 0 Å². The van der Waals surface area contributed by atoms with Gasteiger partial charge in [-0.2, -0.15) is 0 Å². The molecule has 0 saturated carbocycles. The SMILES string of the molecule is COc1ccc2[nH]cc(C=C3Oc4cc(O)cc(O)c4C3=O)c2c1C. The number of H-pyrrole nitrogens is 1. The lowest BCUT2D eigenvalue weighted by molar-refractivity contribution is 0.101. The summed E-state index contributed by atoms with van der Waals surface area (Å²) in [4.78, 5) is 15.7. The Morgan fingerprint density at radius 1 is 1.24 bits per heavy atom. The van der Waals surface area contributed by atoms with Crippen molar-refractivity contribution in [2.24, 2.45) is 0 Å². The number of phenolic OH excluding ortho intramolecular Hbond substituents is 2. The molecule has 0 aliphatic carbocycles. The van der Waals surface area contributed by atoms with Crippen LogP contribution in [0.2, 0.25) is 0 Å². The lowest BCUT2D eigenvalue weighted by Crippen LogP contribution is -1.98. The third-order valence-corrected chi connectivity index (χ3v) is 4.33. The molecule has 1 aliphatic rings. The minimum absolute atomic E-state index is 0.0539. The van der Waals surface area contributed by atoms with E-state index in [4.69, 9.17) is 9.47 Å². The molecule has 2 heterocycles. The first-order valence-corrected chi connectivity index (χ1v) is 7.64. The van der Waals surface area contributed by atoms with Gasteiger partial charge in [-0.05, 0) is 25.1 Å². The van der Waals surface area contributed by atoms with Gasteiger partial charge in [-0.25, -0.2) is 0 Å². The number of aromatic amines is 1. The van der Waals surface area contributed by atoms with Crippen molar-refractivity contribution in [2.75, 3.05) is 7.11 Å². The Labute approximate surface area is 142 Å². The number of nitrogens with one attached hydrogen (secondary N) is 1. The fourth-order valence-electron chi connectivity index (χ4n) is 3.17. The smallest absolute Gasteiger partial charge is 0.235 e. The highest BCUT2D eigenvalue weighted by atomic mass is 16.5. The van der Waals surface area contributed by atoms with Gasteiger partial charge in [0.1, 0.15) is 28.6 Å². The number of hydrogen-bond acceptors (Lipinski definition) is 5. The average molecular weight is 337 g/mol. The molecule has 0 saturated heterocycles. The monoisotopic (exact) mass is 337 g/mol. The van der Waals surface area contributed by atoms with E-state index in [1.807, 2.05) is 19.1 Å². The van der Waals surface area contributed by atoms with Crippen LogP contribution >= 0.6 is 0 Å². The second-order valence-electron chi connectivity index (χ2n) is 5.84. The van der Waals surface area contributed by atoms with Crippen LogP contribution in [-0.2, 0) is 0 Å². The highest BCUT2D eigenvalue weighted by Gasteiger charge is 2.31. The Morgan fingerprint density at radius 2 is 2.04 bits per heavy atom. The van der Waals surface area contributed by atoms with Gasteiger partial charge < -0.3 is 24.7 Å². The zero-order valence-electron chi connectivity index (χ0n) is 13.6. The summed E-state index contributed by atoms with van der Waals surface area (Å²) < 4.78 is 10.9. The highest BCUT2D eigenvalue weighted by Crippen LogP contribution is 2.41. The van der Waals surface area contributed by atoms with Gasteiger partial charge in [0.05, 0.1) is 7.11 Å². The number of rotatable bonds is 2. The number of carbonyl (C=O) groups excluding carboxylic acids is 1. The van der Waals surface area contributed by atoms with Crippen LogP contribution in [0.25, 0.3) is 17.0 Å². The molecule has 1 aromatic heterocycles. The molecular weight excluding hydrogens is 322 g/mol. The molecule has 0 amide bonds. The van der Waals surface area contributed by atoms with Crippen molar-refractivity contribution >= 4 is 22.8 Å². The van der Waals surface area contributed by atoms with E-state index in [2.05, 4.69) is 4.98 Å². The molecule has 2 aromatic carbocycles. The van der Waals surface area contributed by atoms with E-state index in [9.17, 15) is 15.0 Å². The third kappa shape index (κ3) is 2.22. The molecule has 6 heteroatoms. The number of aromatic hydroxyl groups is 2. The van der Waals surface area contributed by atoms with E-state index >= 15 is 0 Å². The molecule has 0 atom stereocenters. The second kappa shape index (κ2) is 5.31. The number of aromatic nitrogens is 1. The van der Waals surface area contributed by atoms with Gasteiger partial charge in [-0.3, -0.25) is 4.79 Å². The number of carbonyl (C=O) groups is 1. The van der Waals surface area contributed by atoms with Gasteiger partial charge in [0.25, 0.3) is 0 Å². The summed E-state index contributed by atoms with van der Waals surface area (Å²) in [6.07, 6.45) is 3.39. The topological polar surface area (TPSA) is 91.8 Å². The molecule has 0 spiro atoms. The number of methoxy groups -OCH3 is 1. The molecule has 1 aliphatic heterocycles. The predicted molar refractivity (Wildman–Crippen MR) is 92.3 cm³/mol. The number of allylic oxidation sites excluding steroid dienone is 1. The highest BCUT2D eigenvalue weighted by molar-refractivity contribution is 6.16. The molecule has 0 fully saturated rings. The van der Waals surface area contributed by atoms with Gasteiger partial charge in [-0.1, -0.05) is 0 Å². The van der Waals surface area contributed by atoms with Crippen molar-refractivity contribution < 1.29 is 24.5 Å². The summed E-state index contributed by atoms with van der Waals surface area (Å²) in [6.45, 7) is 1.94. The standard InChI is InChI=1S/C19H15NO5/c1-9-14(24-2)4-3-12-17(9)10(8-20-12)5-16-19(23)18-13(22)6-11(21)7-15(18)25-16/h3-8,20-22H,1-2H3. The summed E-state index contributed by atoms with van der Waals surface area (Å²) in [6, 6.07) is 6.19. The predicted octanol–water partition coefficient (Wildman–Crippen LogP) is 3.51.